The number of benzene rings is 1. The van der Waals surface area contributed by atoms with Gasteiger partial charge in [0.2, 0.25) is 0 Å². The van der Waals surface area contributed by atoms with Gasteiger partial charge in [0, 0.05) is 5.56 Å². The van der Waals surface area contributed by atoms with Gasteiger partial charge in [0.25, 0.3) is 0 Å². The summed E-state index contributed by atoms with van der Waals surface area (Å²) in [5.74, 6) is 0.819. The molecule has 1 aromatic rings. The first kappa shape index (κ1) is 9.60. The van der Waals surface area contributed by atoms with Gasteiger partial charge in [-0.15, -0.1) is 0 Å². The maximum atomic E-state index is 8.57. The monoisotopic (exact) mass is 175 g/mol. The van der Waals surface area contributed by atoms with Crippen molar-refractivity contribution in [3.8, 4) is 11.8 Å². The van der Waals surface area contributed by atoms with Crippen molar-refractivity contribution in [1.29, 1.82) is 5.26 Å². The molecule has 0 aliphatic carbocycles. The van der Waals surface area contributed by atoms with Crippen LogP contribution in [0, 0.1) is 11.3 Å². The number of nitriles is 1. The molecule has 0 atom stereocenters. The van der Waals surface area contributed by atoms with Gasteiger partial charge in [0.15, 0.2) is 0 Å². The van der Waals surface area contributed by atoms with Crippen LogP contribution >= 0.6 is 0 Å². The minimum Gasteiger partial charge on any atom is -0.491 e. The van der Waals surface area contributed by atoms with E-state index >= 15 is 0 Å². The first-order valence-electron chi connectivity index (χ1n) is 4.35. The Labute approximate surface area is 78.8 Å². The Morgan fingerprint density at radius 1 is 1.38 bits per heavy atom. The highest BCUT2D eigenvalue weighted by Crippen LogP contribution is 2.19. The summed E-state index contributed by atoms with van der Waals surface area (Å²) in [7, 11) is 0. The van der Waals surface area contributed by atoms with Crippen molar-refractivity contribution in [3.05, 3.63) is 29.8 Å². The van der Waals surface area contributed by atoms with Crippen molar-refractivity contribution in [3.63, 3.8) is 0 Å². The smallest absolute Gasteiger partial charge is 0.123 e. The van der Waals surface area contributed by atoms with Crippen LogP contribution in [0.2, 0.25) is 0 Å². The molecule has 1 rings (SSSR count). The van der Waals surface area contributed by atoms with E-state index in [9.17, 15) is 0 Å². The number of hydrogen-bond donors (Lipinski definition) is 0. The van der Waals surface area contributed by atoms with Crippen molar-refractivity contribution < 1.29 is 4.74 Å². The third-order valence-electron chi connectivity index (χ3n) is 1.60. The molecule has 0 saturated carbocycles. The number of hydrogen-bond acceptors (Lipinski definition) is 2. The summed E-state index contributed by atoms with van der Waals surface area (Å²) in [6.45, 7) is 3.95. The molecule has 0 radical (unpaired) electrons. The number of rotatable bonds is 3. The minimum absolute atomic E-state index is 0.153. The van der Waals surface area contributed by atoms with Crippen LogP contribution in [0.15, 0.2) is 24.3 Å². The summed E-state index contributed by atoms with van der Waals surface area (Å²) in [6, 6.07) is 9.76. The molecule has 2 heteroatoms. The lowest BCUT2D eigenvalue weighted by Gasteiger charge is -2.12. The number of ether oxygens (including phenoxy) is 1. The average molecular weight is 175 g/mol. The molecule has 0 aromatic heterocycles. The molecule has 0 fully saturated rings. The van der Waals surface area contributed by atoms with Gasteiger partial charge in [0.05, 0.1) is 18.6 Å². The molecule has 0 aliphatic heterocycles. The molecular weight excluding hydrogens is 162 g/mol. The Hall–Kier alpha value is -1.49. The molecule has 0 spiro atoms. The third kappa shape index (κ3) is 2.79. The Kier molecular flexibility index (Phi) is 3.33. The standard InChI is InChI=1S/C11H13NO/c1-9(2)13-11-6-4-3-5-10(11)7-8-12/h3-6,9H,7H2,1-2H3. The van der Waals surface area contributed by atoms with Crippen molar-refractivity contribution in [2.45, 2.75) is 26.4 Å². The summed E-state index contributed by atoms with van der Waals surface area (Å²) in [6.07, 6.45) is 0.558. The fraction of sp³-hybridized carbons (Fsp3) is 0.364. The predicted octanol–water partition coefficient (Wildman–Crippen LogP) is 2.54. The van der Waals surface area contributed by atoms with E-state index in [-0.39, 0.29) is 6.10 Å². The average Bonchev–Trinajstić information content (AvgIpc) is 2.08. The van der Waals surface area contributed by atoms with Crippen LogP contribution in [0.25, 0.3) is 0 Å². The second-order valence-electron chi connectivity index (χ2n) is 3.11. The fourth-order valence-electron chi connectivity index (χ4n) is 1.10. The first-order chi connectivity index (χ1) is 6.24. The van der Waals surface area contributed by atoms with E-state index in [0.29, 0.717) is 6.42 Å². The highest BCUT2D eigenvalue weighted by Gasteiger charge is 2.03. The van der Waals surface area contributed by atoms with Crippen molar-refractivity contribution in [2.75, 3.05) is 0 Å². The molecule has 13 heavy (non-hydrogen) atoms. The number of nitrogens with zero attached hydrogens (tertiary/aromatic N) is 1. The summed E-state index contributed by atoms with van der Waals surface area (Å²) in [5, 5.41) is 8.57. The van der Waals surface area contributed by atoms with Crippen molar-refractivity contribution >= 4 is 0 Å². The summed E-state index contributed by atoms with van der Waals surface area (Å²) < 4.78 is 5.55. The normalized spacial score (nSPS) is 9.69. The molecule has 68 valence electrons. The molecule has 0 amide bonds. The minimum atomic E-state index is 0.153. The van der Waals surface area contributed by atoms with Crippen LogP contribution in [0.4, 0.5) is 0 Å². The van der Waals surface area contributed by atoms with E-state index in [1.807, 2.05) is 38.1 Å². The zero-order chi connectivity index (χ0) is 9.68. The highest BCUT2D eigenvalue weighted by atomic mass is 16.5. The molecule has 0 N–H and O–H groups in total. The van der Waals surface area contributed by atoms with Crippen molar-refractivity contribution in [1.82, 2.24) is 0 Å². The molecule has 0 heterocycles. The van der Waals surface area contributed by atoms with E-state index in [1.54, 1.807) is 0 Å². The molecule has 0 unspecified atom stereocenters. The van der Waals surface area contributed by atoms with E-state index in [0.717, 1.165) is 11.3 Å². The Morgan fingerprint density at radius 2 is 2.08 bits per heavy atom. The Bertz CT molecular complexity index is 312. The van der Waals surface area contributed by atoms with Crippen LogP contribution in [0.5, 0.6) is 5.75 Å². The highest BCUT2D eigenvalue weighted by molar-refractivity contribution is 5.35. The topological polar surface area (TPSA) is 33.0 Å². The molecule has 2 nitrogen and oxygen atoms in total. The zero-order valence-electron chi connectivity index (χ0n) is 7.95. The largest absolute Gasteiger partial charge is 0.491 e. The van der Waals surface area contributed by atoms with E-state index in [2.05, 4.69) is 6.07 Å². The lowest BCUT2D eigenvalue weighted by molar-refractivity contribution is 0.240. The number of para-hydroxylation sites is 1. The van der Waals surface area contributed by atoms with Gasteiger partial charge < -0.3 is 4.74 Å². The maximum absolute atomic E-state index is 8.57. The van der Waals surface area contributed by atoms with Crippen LogP contribution in [-0.4, -0.2) is 6.10 Å². The quantitative estimate of drug-likeness (QED) is 0.707. The van der Waals surface area contributed by atoms with Crippen LogP contribution < -0.4 is 4.74 Å². The molecular formula is C11H13NO. The van der Waals surface area contributed by atoms with Gasteiger partial charge in [-0.3, -0.25) is 0 Å². The van der Waals surface area contributed by atoms with Gasteiger partial charge in [-0.2, -0.15) is 5.26 Å². The Morgan fingerprint density at radius 3 is 2.69 bits per heavy atom. The SMILES string of the molecule is CC(C)Oc1ccccc1CC#N. The van der Waals surface area contributed by atoms with Crippen LogP contribution in [0.1, 0.15) is 19.4 Å². The van der Waals surface area contributed by atoms with E-state index in [4.69, 9.17) is 10.00 Å². The fourth-order valence-corrected chi connectivity index (χ4v) is 1.10. The predicted molar refractivity (Wildman–Crippen MR) is 51.5 cm³/mol. The lowest BCUT2D eigenvalue weighted by Crippen LogP contribution is -2.07. The molecule has 0 bridgehead atoms. The van der Waals surface area contributed by atoms with Gasteiger partial charge in [-0.05, 0) is 19.9 Å². The zero-order valence-corrected chi connectivity index (χ0v) is 7.95. The molecule has 0 saturated heterocycles. The Balaban J connectivity index is 2.85. The van der Waals surface area contributed by atoms with Gasteiger partial charge in [-0.25, -0.2) is 0 Å². The first-order valence-corrected chi connectivity index (χ1v) is 4.35. The summed E-state index contributed by atoms with van der Waals surface area (Å²) in [5.41, 5.74) is 0.957. The van der Waals surface area contributed by atoms with E-state index < -0.39 is 0 Å². The van der Waals surface area contributed by atoms with Crippen molar-refractivity contribution in [2.24, 2.45) is 0 Å². The van der Waals surface area contributed by atoms with Crippen LogP contribution in [0.3, 0.4) is 0 Å². The van der Waals surface area contributed by atoms with Gasteiger partial charge in [0.1, 0.15) is 5.75 Å². The van der Waals surface area contributed by atoms with Gasteiger partial charge in [-0.1, -0.05) is 18.2 Å². The van der Waals surface area contributed by atoms with Crippen LogP contribution in [-0.2, 0) is 6.42 Å². The van der Waals surface area contributed by atoms with E-state index in [1.165, 1.54) is 0 Å². The lowest BCUT2D eigenvalue weighted by atomic mass is 10.1. The maximum Gasteiger partial charge on any atom is 0.123 e. The molecule has 0 aliphatic rings. The van der Waals surface area contributed by atoms with Gasteiger partial charge >= 0.3 is 0 Å². The second kappa shape index (κ2) is 4.51. The molecule has 1 aromatic carbocycles. The third-order valence-corrected chi connectivity index (χ3v) is 1.60. The summed E-state index contributed by atoms with van der Waals surface area (Å²) in [4.78, 5) is 0. The second-order valence-corrected chi connectivity index (χ2v) is 3.11. The summed E-state index contributed by atoms with van der Waals surface area (Å²) >= 11 is 0.